The Labute approximate surface area is 294 Å². The lowest BCUT2D eigenvalue weighted by molar-refractivity contribution is -0.274. The number of rotatable bonds is 13. The van der Waals surface area contributed by atoms with Gasteiger partial charge in [0, 0.05) is 42.5 Å². The SMILES string of the molecule is COC(=O)N[C@H](C(=O)Cc1cccc(F)c1CC[C@H]1CNC[C@H](C)N1S(=O)(=O)c1ccc(OC(F)(F)F)cc1)[C@@H](c1ccc(Cl)cc1)C(C)C. The van der Waals surface area contributed by atoms with E-state index < -0.39 is 58.1 Å². The number of carbonyl (C=O) groups excluding carboxylic acids is 2. The minimum atomic E-state index is -4.93. The Bertz CT molecular complexity index is 1740. The monoisotopic (exact) mass is 741 g/mol. The van der Waals surface area contributed by atoms with Crippen LogP contribution in [0, 0.1) is 11.7 Å². The standard InChI is InChI=1S/C35H40ClF4N3O6S/c1-21(2)32(23-8-10-25(36)11-9-23)33(42-34(45)48-4)31(44)18-24-6-5-7-30(37)29(24)17-12-26-20-41-19-22(3)43(26)50(46,47)28-15-13-27(14-16-28)49-35(38,39)40/h5-11,13-16,21-22,26,32-33,41H,12,17-20H2,1-4H3,(H,42,45)/t22-,26-,32+,33+/m0/s1. The number of nitrogens with one attached hydrogen (secondary N) is 2. The molecule has 1 fully saturated rings. The Morgan fingerprint density at radius 3 is 2.30 bits per heavy atom. The minimum absolute atomic E-state index is 0.0681. The van der Waals surface area contributed by atoms with Crippen LogP contribution < -0.4 is 15.4 Å². The average Bonchev–Trinajstić information content (AvgIpc) is 3.04. The maximum atomic E-state index is 15.5. The van der Waals surface area contributed by atoms with Gasteiger partial charge in [0.2, 0.25) is 10.0 Å². The number of Topliss-reactive ketones (excluding diaryl/α,β-unsaturated/α-hetero) is 1. The number of methoxy groups -OCH3 is 1. The largest absolute Gasteiger partial charge is 0.573 e. The Hall–Kier alpha value is -3.72. The van der Waals surface area contributed by atoms with Crippen LogP contribution in [0.25, 0.3) is 0 Å². The van der Waals surface area contributed by atoms with Crippen LogP contribution in [0.5, 0.6) is 5.75 Å². The van der Waals surface area contributed by atoms with E-state index in [-0.39, 0.29) is 48.0 Å². The van der Waals surface area contributed by atoms with Crippen LogP contribution in [-0.2, 0) is 32.4 Å². The van der Waals surface area contributed by atoms with E-state index >= 15 is 4.39 Å². The third kappa shape index (κ3) is 9.74. The number of hydrogen-bond acceptors (Lipinski definition) is 7. The number of carbonyl (C=O) groups is 2. The number of piperazine rings is 1. The average molecular weight is 742 g/mol. The number of alkyl carbamates (subject to hydrolysis) is 1. The van der Waals surface area contributed by atoms with Crippen molar-refractivity contribution in [1.29, 1.82) is 0 Å². The summed E-state index contributed by atoms with van der Waals surface area (Å²) in [6.45, 7) is 6.09. The zero-order valence-corrected chi connectivity index (χ0v) is 29.5. The molecule has 0 unspecified atom stereocenters. The molecule has 0 aliphatic carbocycles. The Kier molecular flexibility index (Phi) is 12.9. The maximum Gasteiger partial charge on any atom is 0.573 e. The minimum Gasteiger partial charge on any atom is -0.453 e. The molecule has 1 aliphatic rings. The topological polar surface area (TPSA) is 114 Å². The molecule has 0 radical (unpaired) electrons. The van der Waals surface area contributed by atoms with Crippen molar-refractivity contribution in [3.8, 4) is 5.75 Å². The number of alkyl halides is 3. The summed E-state index contributed by atoms with van der Waals surface area (Å²) in [5.74, 6) is -2.10. The second-order valence-corrected chi connectivity index (χ2v) is 14.8. The molecule has 2 N–H and O–H groups in total. The Balaban J connectivity index is 1.59. The van der Waals surface area contributed by atoms with Gasteiger partial charge < -0.3 is 20.1 Å². The summed E-state index contributed by atoms with van der Waals surface area (Å²) in [6, 6.07) is 13.1. The summed E-state index contributed by atoms with van der Waals surface area (Å²) in [7, 11) is -3.00. The molecule has 4 atom stereocenters. The van der Waals surface area contributed by atoms with Gasteiger partial charge in [0.05, 0.1) is 18.0 Å². The Morgan fingerprint density at radius 1 is 1.04 bits per heavy atom. The zero-order valence-electron chi connectivity index (χ0n) is 28.0. The van der Waals surface area contributed by atoms with Crippen molar-refractivity contribution in [2.45, 2.75) is 75.3 Å². The van der Waals surface area contributed by atoms with Gasteiger partial charge in [-0.25, -0.2) is 17.6 Å². The van der Waals surface area contributed by atoms with Gasteiger partial charge >= 0.3 is 12.5 Å². The first-order chi connectivity index (χ1) is 23.5. The van der Waals surface area contributed by atoms with Crippen molar-refractivity contribution >= 4 is 33.5 Å². The highest BCUT2D eigenvalue weighted by atomic mass is 35.5. The zero-order chi connectivity index (χ0) is 36.8. The van der Waals surface area contributed by atoms with Gasteiger partial charge in [-0.2, -0.15) is 4.31 Å². The molecule has 1 heterocycles. The van der Waals surface area contributed by atoms with Crippen LogP contribution in [0.2, 0.25) is 5.02 Å². The first-order valence-corrected chi connectivity index (χ1v) is 17.8. The molecule has 3 aromatic carbocycles. The van der Waals surface area contributed by atoms with Crippen LogP contribution in [-0.4, -0.2) is 69.3 Å². The van der Waals surface area contributed by atoms with Crippen molar-refractivity contribution in [3.63, 3.8) is 0 Å². The van der Waals surface area contributed by atoms with Crippen molar-refractivity contribution in [3.05, 3.63) is 94.3 Å². The van der Waals surface area contributed by atoms with Crippen molar-refractivity contribution in [1.82, 2.24) is 14.9 Å². The lowest BCUT2D eigenvalue weighted by atomic mass is 9.79. The number of nitrogens with zero attached hydrogens (tertiary/aromatic N) is 1. The number of ether oxygens (including phenoxy) is 2. The Morgan fingerprint density at radius 2 is 1.70 bits per heavy atom. The summed E-state index contributed by atoms with van der Waals surface area (Å²) in [4.78, 5) is 26.2. The van der Waals surface area contributed by atoms with E-state index in [2.05, 4.69) is 15.4 Å². The molecule has 4 rings (SSSR count). The molecule has 1 saturated heterocycles. The molecular weight excluding hydrogens is 702 g/mol. The first-order valence-electron chi connectivity index (χ1n) is 16.0. The maximum absolute atomic E-state index is 15.5. The fourth-order valence-corrected chi connectivity index (χ4v) is 8.43. The first kappa shape index (κ1) is 39.1. The number of benzene rings is 3. The van der Waals surface area contributed by atoms with Crippen LogP contribution in [0.3, 0.4) is 0 Å². The predicted molar refractivity (Wildman–Crippen MR) is 180 cm³/mol. The molecule has 1 aliphatic heterocycles. The third-order valence-electron chi connectivity index (χ3n) is 8.69. The van der Waals surface area contributed by atoms with E-state index in [4.69, 9.17) is 16.3 Å². The van der Waals surface area contributed by atoms with E-state index in [0.717, 1.165) is 29.8 Å². The van der Waals surface area contributed by atoms with E-state index in [1.54, 1.807) is 37.3 Å². The highest BCUT2D eigenvalue weighted by molar-refractivity contribution is 7.89. The molecule has 0 bridgehead atoms. The van der Waals surface area contributed by atoms with E-state index in [1.165, 1.54) is 23.5 Å². The summed E-state index contributed by atoms with van der Waals surface area (Å²) < 4.78 is 91.0. The van der Waals surface area contributed by atoms with Crippen LogP contribution >= 0.6 is 11.6 Å². The molecule has 15 heteroatoms. The van der Waals surface area contributed by atoms with Crippen molar-refractivity contribution < 1.29 is 45.0 Å². The number of halogens is 5. The van der Waals surface area contributed by atoms with E-state index in [0.29, 0.717) is 17.1 Å². The van der Waals surface area contributed by atoms with E-state index in [9.17, 15) is 31.2 Å². The van der Waals surface area contributed by atoms with Gasteiger partial charge in [0.15, 0.2) is 5.78 Å². The molecule has 0 saturated carbocycles. The van der Waals surface area contributed by atoms with Crippen LogP contribution in [0.1, 0.15) is 49.8 Å². The number of hydrogen-bond donors (Lipinski definition) is 2. The van der Waals surface area contributed by atoms with Gasteiger partial charge in [-0.15, -0.1) is 13.2 Å². The fraction of sp³-hybridized carbons (Fsp3) is 0.429. The second kappa shape index (κ2) is 16.5. The highest BCUT2D eigenvalue weighted by Gasteiger charge is 2.39. The highest BCUT2D eigenvalue weighted by Crippen LogP contribution is 2.32. The summed E-state index contributed by atoms with van der Waals surface area (Å²) >= 11 is 6.10. The molecule has 272 valence electrons. The van der Waals surface area contributed by atoms with Gasteiger partial charge in [0.25, 0.3) is 0 Å². The van der Waals surface area contributed by atoms with Crippen LogP contribution in [0.15, 0.2) is 71.6 Å². The number of ketones is 1. The van der Waals surface area contributed by atoms with Crippen molar-refractivity contribution in [2.24, 2.45) is 5.92 Å². The van der Waals surface area contributed by atoms with Gasteiger partial charge in [0.1, 0.15) is 11.6 Å². The lowest BCUT2D eigenvalue weighted by Crippen LogP contribution is -2.58. The molecule has 50 heavy (non-hydrogen) atoms. The van der Waals surface area contributed by atoms with Gasteiger partial charge in [-0.3, -0.25) is 4.79 Å². The summed E-state index contributed by atoms with van der Waals surface area (Å²) in [5.41, 5.74) is 1.38. The number of amides is 1. The molecular formula is C35H40ClF4N3O6S. The lowest BCUT2D eigenvalue weighted by Gasteiger charge is -2.40. The second-order valence-electron chi connectivity index (χ2n) is 12.5. The molecule has 1 amide bonds. The smallest absolute Gasteiger partial charge is 0.453 e. The fourth-order valence-electron chi connectivity index (χ4n) is 6.46. The van der Waals surface area contributed by atoms with Gasteiger partial charge in [-0.1, -0.05) is 49.7 Å². The quantitative estimate of drug-likeness (QED) is 0.189. The summed E-state index contributed by atoms with van der Waals surface area (Å²) in [5, 5.41) is 6.37. The van der Waals surface area contributed by atoms with Crippen LogP contribution in [0.4, 0.5) is 22.4 Å². The molecule has 3 aromatic rings. The molecule has 0 spiro atoms. The third-order valence-corrected chi connectivity index (χ3v) is 11.0. The van der Waals surface area contributed by atoms with Gasteiger partial charge in [-0.05, 0) is 84.8 Å². The molecule has 9 nitrogen and oxygen atoms in total. The normalized spacial score (nSPS) is 18.4. The predicted octanol–water partition coefficient (Wildman–Crippen LogP) is 6.64. The van der Waals surface area contributed by atoms with Crippen molar-refractivity contribution in [2.75, 3.05) is 20.2 Å². The number of sulfonamides is 1. The summed E-state index contributed by atoms with van der Waals surface area (Å²) in [6.07, 6.45) is -5.73. The molecule has 0 aromatic heterocycles. The van der Waals surface area contributed by atoms with E-state index in [1.807, 2.05) is 13.8 Å².